The fourth-order valence-electron chi connectivity index (χ4n) is 3.74. The minimum absolute atomic E-state index is 0.264. The van der Waals surface area contributed by atoms with E-state index in [2.05, 4.69) is 10.6 Å². The van der Waals surface area contributed by atoms with Crippen molar-refractivity contribution in [1.82, 2.24) is 14.9 Å². The van der Waals surface area contributed by atoms with Crippen LogP contribution in [-0.4, -0.2) is 64.9 Å². The van der Waals surface area contributed by atoms with Gasteiger partial charge in [-0.2, -0.15) is 4.31 Å². The Morgan fingerprint density at radius 3 is 1.91 bits per heavy atom. The van der Waals surface area contributed by atoms with Crippen LogP contribution >= 0.6 is 0 Å². The number of benzene rings is 2. The molecule has 2 aromatic rings. The number of methoxy groups -OCH3 is 2. The lowest BCUT2D eigenvalue weighted by molar-refractivity contribution is -0.139. The van der Waals surface area contributed by atoms with Crippen LogP contribution in [0, 0.1) is 0 Å². The van der Waals surface area contributed by atoms with Crippen molar-refractivity contribution in [3.63, 3.8) is 0 Å². The van der Waals surface area contributed by atoms with Gasteiger partial charge in [0.1, 0.15) is 0 Å². The molecule has 1 fully saturated rings. The predicted molar refractivity (Wildman–Crippen MR) is 127 cm³/mol. The lowest BCUT2D eigenvalue weighted by Crippen LogP contribution is -2.41. The first-order valence-corrected chi connectivity index (χ1v) is 12.6. The number of carbonyl (C=O) groups excluding carboxylic acids is 2. The molecule has 0 saturated carbocycles. The van der Waals surface area contributed by atoms with Gasteiger partial charge in [0.2, 0.25) is 10.0 Å². The highest BCUT2D eigenvalue weighted by Gasteiger charge is 2.26. The van der Waals surface area contributed by atoms with E-state index in [1.54, 1.807) is 44.6 Å². The van der Waals surface area contributed by atoms with Gasteiger partial charge in [-0.05, 0) is 61.1 Å². The standard InChI is InChI=1S/C24H31N3O6S/c1-32-21-10-7-19(17-22(21)33-2)12-14-26-24(29)23(28)25-13-11-18-5-8-20(9-6-18)34(30,31)27-15-3-4-16-27/h5-10,17H,3-4,11-16H2,1-2H3,(H,25,28)(H,26,29). The molecular formula is C24H31N3O6S. The van der Waals surface area contributed by atoms with Gasteiger partial charge < -0.3 is 20.1 Å². The molecule has 2 amide bonds. The second kappa shape index (κ2) is 11.8. The van der Waals surface area contributed by atoms with E-state index in [9.17, 15) is 18.0 Å². The zero-order chi connectivity index (χ0) is 24.6. The normalized spacial score (nSPS) is 13.9. The summed E-state index contributed by atoms with van der Waals surface area (Å²) in [7, 11) is -0.325. The number of hydrogen-bond donors (Lipinski definition) is 2. The van der Waals surface area contributed by atoms with Crippen LogP contribution in [0.15, 0.2) is 47.4 Å². The van der Waals surface area contributed by atoms with Gasteiger partial charge >= 0.3 is 11.8 Å². The maximum absolute atomic E-state index is 12.6. The third kappa shape index (κ3) is 6.48. The largest absolute Gasteiger partial charge is 0.493 e. The van der Waals surface area contributed by atoms with Gasteiger partial charge in [0.25, 0.3) is 0 Å². The Morgan fingerprint density at radius 2 is 1.35 bits per heavy atom. The quantitative estimate of drug-likeness (QED) is 0.489. The number of amides is 2. The zero-order valence-corrected chi connectivity index (χ0v) is 20.3. The van der Waals surface area contributed by atoms with E-state index in [4.69, 9.17) is 9.47 Å². The molecule has 9 nitrogen and oxygen atoms in total. The second-order valence-corrected chi connectivity index (χ2v) is 9.89. The summed E-state index contributed by atoms with van der Waals surface area (Å²) in [5.41, 5.74) is 1.81. The number of sulfonamides is 1. The number of nitrogens with one attached hydrogen (secondary N) is 2. The minimum Gasteiger partial charge on any atom is -0.493 e. The number of nitrogens with zero attached hydrogens (tertiary/aromatic N) is 1. The van der Waals surface area contributed by atoms with E-state index in [-0.39, 0.29) is 11.4 Å². The van der Waals surface area contributed by atoms with Crippen LogP contribution in [0.25, 0.3) is 0 Å². The fraction of sp³-hybridized carbons (Fsp3) is 0.417. The number of carbonyl (C=O) groups is 2. The summed E-state index contributed by atoms with van der Waals surface area (Å²) in [6.45, 7) is 1.69. The molecule has 34 heavy (non-hydrogen) atoms. The highest BCUT2D eigenvalue weighted by atomic mass is 32.2. The van der Waals surface area contributed by atoms with Crippen molar-refractivity contribution in [2.75, 3.05) is 40.4 Å². The first-order valence-electron chi connectivity index (χ1n) is 11.2. The van der Waals surface area contributed by atoms with E-state index in [1.165, 1.54) is 4.31 Å². The van der Waals surface area contributed by atoms with Crippen molar-refractivity contribution in [2.45, 2.75) is 30.6 Å². The molecule has 1 saturated heterocycles. The molecule has 0 unspecified atom stereocenters. The van der Waals surface area contributed by atoms with Gasteiger partial charge in [0, 0.05) is 26.2 Å². The van der Waals surface area contributed by atoms with Crippen molar-refractivity contribution in [1.29, 1.82) is 0 Å². The molecule has 184 valence electrons. The molecule has 1 aliphatic heterocycles. The van der Waals surface area contributed by atoms with Crippen molar-refractivity contribution in [2.24, 2.45) is 0 Å². The summed E-state index contributed by atoms with van der Waals surface area (Å²) in [5, 5.41) is 5.19. The van der Waals surface area contributed by atoms with Gasteiger partial charge in [0.05, 0.1) is 19.1 Å². The summed E-state index contributed by atoms with van der Waals surface area (Å²) >= 11 is 0. The number of hydrogen-bond acceptors (Lipinski definition) is 6. The molecule has 0 aliphatic carbocycles. The molecule has 1 aliphatic rings. The maximum atomic E-state index is 12.6. The predicted octanol–water partition coefficient (Wildman–Crippen LogP) is 1.51. The highest BCUT2D eigenvalue weighted by molar-refractivity contribution is 7.89. The third-order valence-electron chi connectivity index (χ3n) is 5.68. The Balaban J connectivity index is 1.40. The third-order valence-corrected chi connectivity index (χ3v) is 7.59. The Labute approximate surface area is 200 Å². The van der Waals surface area contributed by atoms with Crippen molar-refractivity contribution >= 4 is 21.8 Å². The average molecular weight is 490 g/mol. The smallest absolute Gasteiger partial charge is 0.309 e. The zero-order valence-electron chi connectivity index (χ0n) is 19.5. The van der Waals surface area contributed by atoms with Gasteiger partial charge in [-0.25, -0.2) is 8.42 Å². The Morgan fingerprint density at radius 1 is 0.824 bits per heavy atom. The molecule has 0 atom stereocenters. The van der Waals surface area contributed by atoms with Crippen LogP contribution in [0.5, 0.6) is 11.5 Å². The van der Waals surface area contributed by atoms with Crippen LogP contribution < -0.4 is 20.1 Å². The Bertz CT molecular complexity index is 1100. The van der Waals surface area contributed by atoms with Crippen LogP contribution in [0.3, 0.4) is 0 Å². The number of rotatable bonds is 10. The minimum atomic E-state index is -3.44. The van der Waals surface area contributed by atoms with Crippen LogP contribution in [-0.2, 0) is 32.5 Å². The van der Waals surface area contributed by atoms with Crippen molar-refractivity contribution in [3.8, 4) is 11.5 Å². The summed E-state index contributed by atoms with van der Waals surface area (Å²) < 4.78 is 37.1. The molecule has 0 spiro atoms. The van der Waals surface area contributed by atoms with Gasteiger partial charge in [-0.15, -0.1) is 0 Å². The van der Waals surface area contributed by atoms with Crippen LogP contribution in [0.4, 0.5) is 0 Å². The van der Waals surface area contributed by atoms with Crippen molar-refractivity contribution < 1.29 is 27.5 Å². The van der Waals surface area contributed by atoms with E-state index in [0.29, 0.717) is 44.0 Å². The van der Waals surface area contributed by atoms with Gasteiger partial charge in [-0.1, -0.05) is 18.2 Å². The highest BCUT2D eigenvalue weighted by Crippen LogP contribution is 2.27. The van der Waals surface area contributed by atoms with E-state index in [0.717, 1.165) is 24.0 Å². The molecule has 2 aromatic carbocycles. The molecule has 1 heterocycles. The fourth-order valence-corrected chi connectivity index (χ4v) is 5.26. The van der Waals surface area contributed by atoms with Gasteiger partial charge in [-0.3, -0.25) is 9.59 Å². The first-order chi connectivity index (χ1) is 16.3. The van der Waals surface area contributed by atoms with E-state index >= 15 is 0 Å². The van der Waals surface area contributed by atoms with Crippen LogP contribution in [0.2, 0.25) is 0 Å². The summed E-state index contributed by atoms with van der Waals surface area (Å²) in [6.07, 6.45) is 2.79. The molecule has 0 bridgehead atoms. The first kappa shape index (κ1) is 25.5. The topological polar surface area (TPSA) is 114 Å². The molecule has 2 N–H and O–H groups in total. The summed E-state index contributed by atoms with van der Waals surface area (Å²) in [4.78, 5) is 24.4. The molecule has 0 radical (unpaired) electrons. The van der Waals surface area contributed by atoms with Crippen LogP contribution in [0.1, 0.15) is 24.0 Å². The Hall–Kier alpha value is -3.11. The monoisotopic (exact) mass is 489 g/mol. The maximum Gasteiger partial charge on any atom is 0.309 e. The molecule has 3 rings (SSSR count). The molecule has 0 aromatic heterocycles. The van der Waals surface area contributed by atoms with Gasteiger partial charge in [0.15, 0.2) is 11.5 Å². The van der Waals surface area contributed by atoms with Crippen molar-refractivity contribution in [3.05, 3.63) is 53.6 Å². The lowest BCUT2D eigenvalue weighted by Gasteiger charge is -2.15. The second-order valence-electron chi connectivity index (χ2n) is 7.96. The summed E-state index contributed by atoms with van der Waals surface area (Å²) in [5.74, 6) is -0.184. The summed E-state index contributed by atoms with van der Waals surface area (Å²) in [6, 6.07) is 12.1. The average Bonchev–Trinajstić information content (AvgIpc) is 3.40. The molecular weight excluding hydrogens is 458 g/mol. The number of ether oxygens (including phenoxy) is 2. The van der Waals surface area contributed by atoms with E-state index in [1.807, 2.05) is 12.1 Å². The van der Waals surface area contributed by atoms with E-state index < -0.39 is 21.8 Å². The SMILES string of the molecule is COc1ccc(CCNC(=O)C(=O)NCCc2ccc(S(=O)(=O)N3CCCC3)cc2)cc1OC. The molecule has 10 heteroatoms. The Kier molecular flexibility index (Phi) is 8.89. The lowest BCUT2D eigenvalue weighted by atomic mass is 10.1.